The monoisotopic (exact) mass is 393 g/mol. The number of hydrogen-bond acceptors (Lipinski definition) is 7. The van der Waals surface area contributed by atoms with Crippen LogP contribution in [-0.4, -0.2) is 52.6 Å². The van der Waals surface area contributed by atoms with Crippen molar-refractivity contribution in [2.45, 2.75) is 45.3 Å². The first kappa shape index (κ1) is 21.1. The summed E-state index contributed by atoms with van der Waals surface area (Å²) in [5.41, 5.74) is -0.450. The fourth-order valence-electron chi connectivity index (χ4n) is 2.65. The molecule has 2 amide bonds. The molecule has 0 unspecified atom stereocenters. The Labute approximate surface area is 161 Å². The number of anilines is 1. The number of nitro benzene ring substituents is 1. The van der Waals surface area contributed by atoms with Gasteiger partial charge in [0.25, 0.3) is 11.6 Å². The van der Waals surface area contributed by atoms with Crippen LogP contribution in [0.4, 0.5) is 16.2 Å². The Kier molecular flexibility index (Phi) is 6.55. The van der Waals surface area contributed by atoms with Gasteiger partial charge in [-0.05, 0) is 45.7 Å². The third-order valence-electron chi connectivity index (χ3n) is 3.86. The third-order valence-corrected chi connectivity index (χ3v) is 3.86. The molecular formula is C18H23N3O7. The summed E-state index contributed by atoms with van der Waals surface area (Å²) in [6, 6.07) is 4.46. The summed E-state index contributed by atoms with van der Waals surface area (Å²) in [7, 11) is 0. The van der Waals surface area contributed by atoms with E-state index in [1.807, 2.05) is 0 Å². The quantitative estimate of drug-likeness (QED) is 0.462. The van der Waals surface area contributed by atoms with Crippen molar-refractivity contribution in [3.63, 3.8) is 0 Å². The van der Waals surface area contributed by atoms with Gasteiger partial charge in [-0.15, -0.1) is 0 Å². The van der Waals surface area contributed by atoms with E-state index in [9.17, 15) is 24.5 Å². The summed E-state index contributed by atoms with van der Waals surface area (Å²) in [5, 5.41) is 13.1. The Hall–Kier alpha value is -3.17. The first-order valence-electron chi connectivity index (χ1n) is 8.77. The molecule has 1 aliphatic heterocycles. The van der Waals surface area contributed by atoms with Crippen LogP contribution in [-0.2, 0) is 19.1 Å². The van der Waals surface area contributed by atoms with Crippen LogP contribution in [0.25, 0.3) is 0 Å². The summed E-state index contributed by atoms with van der Waals surface area (Å²) >= 11 is 0. The minimum atomic E-state index is -0.790. The fourth-order valence-corrected chi connectivity index (χ4v) is 2.65. The second-order valence-corrected chi connectivity index (χ2v) is 7.29. The van der Waals surface area contributed by atoms with Gasteiger partial charge in [0, 0.05) is 24.4 Å². The summed E-state index contributed by atoms with van der Waals surface area (Å²) in [6.45, 7) is 5.04. The third kappa shape index (κ3) is 5.93. The maximum absolute atomic E-state index is 12.3. The SMILES string of the molecule is CC(C)(C)OC(=O)N1CCC[C@H]1C(=O)OCC(=O)Nc1ccc([N+](=O)[O-])cc1. The van der Waals surface area contributed by atoms with Gasteiger partial charge in [-0.1, -0.05) is 0 Å². The number of benzene rings is 1. The van der Waals surface area contributed by atoms with Gasteiger partial charge in [-0.25, -0.2) is 9.59 Å². The number of carbonyl (C=O) groups excluding carboxylic acids is 3. The smallest absolute Gasteiger partial charge is 0.411 e. The maximum Gasteiger partial charge on any atom is 0.411 e. The van der Waals surface area contributed by atoms with Crippen molar-refractivity contribution in [1.29, 1.82) is 0 Å². The van der Waals surface area contributed by atoms with Crippen molar-refractivity contribution in [2.24, 2.45) is 0 Å². The van der Waals surface area contributed by atoms with Crippen LogP contribution < -0.4 is 5.32 Å². The number of amides is 2. The largest absolute Gasteiger partial charge is 0.454 e. The van der Waals surface area contributed by atoms with E-state index < -0.39 is 41.1 Å². The zero-order valence-electron chi connectivity index (χ0n) is 16.0. The van der Waals surface area contributed by atoms with E-state index in [4.69, 9.17) is 9.47 Å². The summed E-state index contributed by atoms with van der Waals surface area (Å²) in [5.74, 6) is -1.27. The lowest BCUT2D eigenvalue weighted by atomic mass is 10.2. The molecule has 1 saturated heterocycles. The first-order chi connectivity index (χ1) is 13.1. The van der Waals surface area contributed by atoms with Gasteiger partial charge in [-0.3, -0.25) is 19.8 Å². The molecule has 1 aliphatic rings. The molecule has 1 heterocycles. The molecule has 1 atom stereocenters. The second-order valence-electron chi connectivity index (χ2n) is 7.29. The minimum Gasteiger partial charge on any atom is -0.454 e. The number of nitro groups is 1. The molecule has 1 fully saturated rings. The van der Waals surface area contributed by atoms with E-state index in [1.54, 1.807) is 20.8 Å². The van der Waals surface area contributed by atoms with Crippen molar-refractivity contribution in [3.8, 4) is 0 Å². The molecule has 2 rings (SSSR count). The number of nitrogens with zero attached hydrogens (tertiary/aromatic N) is 2. The molecule has 1 aromatic rings. The number of non-ortho nitro benzene ring substituents is 1. The highest BCUT2D eigenvalue weighted by molar-refractivity contribution is 5.93. The van der Waals surface area contributed by atoms with Crippen LogP contribution in [0, 0.1) is 10.1 Å². The van der Waals surface area contributed by atoms with Crippen molar-refractivity contribution in [3.05, 3.63) is 34.4 Å². The molecule has 0 spiro atoms. The van der Waals surface area contributed by atoms with Gasteiger partial charge in [-0.2, -0.15) is 0 Å². The predicted molar refractivity (Wildman–Crippen MR) is 98.6 cm³/mol. The maximum atomic E-state index is 12.3. The van der Waals surface area contributed by atoms with Crippen LogP contribution in [0.5, 0.6) is 0 Å². The average Bonchev–Trinajstić information content (AvgIpc) is 3.08. The van der Waals surface area contributed by atoms with Crippen LogP contribution in [0.1, 0.15) is 33.6 Å². The second kappa shape index (κ2) is 8.68. The normalized spacial score (nSPS) is 16.4. The van der Waals surface area contributed by atoms with Gasteiger partial charge in [0.1, 0.15) is 11.6 Å². The molecule has 0 bridgehead atoms. The topological polar surface area (TPSA) is 128 Å². The standard InChI is InChI=1S/C18H23N3O7/c1-18(2,3)28-17(24)20-10-4-5-14(20)16(23)27-11-15(22)19-12-6-8-13(9-7-12)21(25)26/h6-9,14H,4-5,10-11H2,1-3H3,(H,19,22)/t14-/m0/s1. The number of likely N-dealkylation sites (tertiary alicyclic amines) is 1. The highest BCUT2D eigenvalue weighted by Gasteiger charge is 2.37. The Balaban J connectivity index is 1.85. The molecule has 28 heavy (non-hydrogen) atoms. The minimum absolute atomic E-state index is 0.104. The van der Waals surface area contributed by atoms with Crippen molar-refractivity contribution >= 4 is 29.3 Å². The van der Waals surface area contributed by atoms with Crippen LogP contribution >= 0.6 is 0 Å². The molecule has 0 saturated carbocycles. The lowest BCUT2D eigenvalue weighted by Gasteiger charge is -2.27. The van der Waals surface area contributed by atoms with E-state index in [0.29, 0.717) is 25.1 Å². The Morgan fingerprint density at radius 3 is 2.46 bits per heavy atom. The van der Waals surface area contributed by atoms with Gasteiger partial charge < -0.3 is 14.8 Å². The Morgan fingerprint density at radius 1 is 1.25 bits per heavy atom. The number of hydrogen-bond donors (Lipinski definition) is 1. The van der Waals surface area contributed by atoms with Gasteiger partial charge in [0.05, 0.1) is 4.92 Å². The molecule has 1 aromatic carbocycles. The lowest BCUT2D eigenvalue weighted by molar-refractivity contribution is -0.384. The van der Waals surface area contributed by atoms with Crippen molar-refractivity contribution in [1.82, 2.24) is 4.90 Å². The Morgan fingerprint density at radius 2 is 1.89 bits per heavy atom. The summed E-state index contributed by atoms with van der Waals surface area (Å²) in [6.07, 6.45) is 0.470. The molecular weight excluding hydrogens is 370 g/mol. The summed E-state index contributed by atoms with van der Waals surface area (Å²) in [4.78, 5) is 47.8. The highest BCUT2D eigenvalue weighted by Crippen LogP contribution is 2.22. The Bertz CT molecular complexity index is 755. The van der Waals surface area contributed by atoms with E-state index in [-0.39, 0.29) is 5.69 Å². The number of carbonyl (C=O) groups is 3. The predicted octanol–water partition coefficient (Wildman–Crippen LogP) is 2.48. The molecule has 0 aliphatic carbocycles. The number of esters is 1. The van der Waals surface area contributed by atoms with Gasteiger partial charge in [0.15, 0.2) is 6.61 Å². The molecule has 1 N–H and O–H groups in total. The molecule has 0 aromatic heterocycles. The highest BCUT2D eigenvalue weighted by atomic mass is 16.6. The van der Waals surface area contributed by atoms with E-state index in [0.717, 1.165) is 0 Å². The van der Waals surface area contributed by atoms with Crippen LogP contribution in [0.2, 0.25) is 0 Å². The van der Waals surface area contributed by atoms with Crippen LogP contribution in [0.15, 0.2) is 24.3 Å². The van der Waals surface area contributed by atoms with E-state index in [1.165, 1.54) is 29.2 Å². The molecule has 10 heteroatoms. The van der Waals surface area contributed by atoms with E-state index >= 15 is 0 Å². The fraction of sp³-hybridized carbons (Fsp3) is 0.500. The molecule has 152 valence electrons. The van der Waals surface area contributed by atoms with Crippen LogP contribution in [0.3, 0.4) is 0 Å². The van der Waals surface area contributed by atoms with E-state index in [2.05, 4.69) is 5.32 Å². The first-order valence-corrected chi connectivity index (χ1v) is 8.77. The van der Waals surface area contributed by atoms with Crippen molar-refractivity contribution < 1.29 is 28.8 Å². The number of ether oxygens (including phenoxy) is 2. The average molecular weight is 393 g/mol. The lowest BCUT2D eigenvalue weighted by Crippen LogP contribution is -2.44. The van der Waals surface area contributed by atoms with Gasteiger partial charge in [0.2, 0.25) is 0 Å². The zero-order chi connectivity index (χ0) is 20.9. The summed E-state index contributed by atoms with van der Waals surface area (Å²) < 4.78 is 10.3. The zero-order valence-corrected chi connectivity index (χ0v) is 16.0. The van der Waals surface area contributed by atoms with Crippen molar-refractivity contribution in [2.75, 3.05) is 18.5 Å². The number of nitrogens with one attached hydrogen (secondary N) is 1. The molecule has 0 radical (unpaired) electrons. The van der Waals surface area contributed by atoms with Gasteiger partial charge >= 0.3 is 12.1 Å². The number of rotatable bonds is 5. The molecule has 10 nitrogen and oxygen atoms in total.